The molecule has 0 heterocycles. The monoisotopic (exact) mass is 236 g/mol. The molecule has 0 aromatic heterocycles. The van der Waals surface area contributed by atoms with Gasteiger partial charge in [-0.2, -0.15) is 8.42 Å². The predicted molar refractivity (Wildman–Crippen MR) is 59.8 cm³/mol. The van der Waals surface area contributed by atoms with Crippen LogP contribution in [0.3, 0.4) is 0 Å². The molecule has 0 bridgehead atoms. The minimum absolute atomic E-state index is 0.0406. The second-order valence-corrected chi connectivity index (χ2v) is 4.65. The smallest absolute Gasteiger partial charge is 0.279 e. The van der Waals surface area contributed by atoms with Crippen LogP contribution in [0.15, 0.2) is 42.5 Å². The number of carbonyl (C=O) groups excluding carboxylic acids is 1. The van der Waals surface area contributed by atoms with Crippen molar-refractivity contribution >= 4 is 26.0 Å². The number of fused-ring (bicyclic) bond motifs is 1. The maximum Gasteiger partial charge on any atom is 0.333 e. The summed E-state index contributed by atoms with van der Waals surface area (Å²) < 4.78 is 30.0. The molecule has 0 saturated carbocycles. The molecule has 0 radical (unpaired) electrons. The summed E-state index contributed by atoms with van der Waals surface area (Å²) in [7, 11) is -4.66. The van der Waals surface area contributed by atoms with Crippen molar-refractivity contribution in [2.75, 3.05) is 0 Å². The van der Waals surface area contributed by atoms with Crippen molar-refractivity contribution in [2.24, 2.45) is 0 Å². The van der Waals surface area contributed by atoms with Crippen LogP contribution in [0.4, 0.5) is 0 Å². The molecule has 0 aliphatic carbocycles. The van der Waals surface area contributed by atoms with Gasteiger partial charge in [0, 0.05) is 5.56 Å². The van der Waals surface area contributed by atoms with E-state index in [1.807, 2.05) is 12.1 Å². The molecule has 16 heavy (non-hydrogen) atoms. The van der Waals surface area contributed by atoms with Crippen LogP contribution in [0.5, 0.6) is 0 Å². The van der Waals surface area contributed by atoms with E-state index in [1.54, 1.807) is 18.2 Å². The van der Waals surface area contributed by atoms with E-state index in [-0.39, 0.29) is 5.56 Å². The van der Waals surface area contributed by atoms with Crippen molar-refractivity contribution in [3.05, 3.63) is 48.0 Å². The van der Waals surface area contributed by atoms with E-state index in [9.17, 15) is 13.2 Å². The number of benzene rings is 2. The van der Waals surface area contributed by atoms with Gasteiger partial charge in [0.25, 0.3) is 0 Å². The molecule has 0 unspecified atom stereocenters. The summed E-state index contributed by atoms with van der Waals surface area (Å²) in [6.07, 6.45) is 0. The van der Waals surface area contributed by atoms with E-state index in [1.165, 1.54) is 12.1 Å². The third kappa shape index (κ3) is 1.95. The molecule has 0 saturated heterocycles. The highest BCUT2D eigenvalue weighted by molar-refractivity contribution is 8.01. The van der Waals surface area contributed by atoms with Gasteiger partial charge in [-0.3, -0.25) is 9.35 Å². The van der Waals surface area contributed by atoms with Crippen molar-refractivity contribution < 1.29 is 17.8 Å². The first-order valence-electron chi connectivity index (χ1n) is 4.49. The van der Waals surface area contributed by atoms with Crippen LogP contribution in [-0.4, -0.2) is 18.1 Å². The zero-order valence-electron chi connectivity index (χ0n) is 8.12. The SMILES string of the molecule is O=C(c1ccc2ccccc2c1)S(=O)(=O)O. The molecule has 2 aromatic carbocycles. The van der Waals surface area contributed by atoms with E-state index in [0.29, 0.717) is 0 Å². The van der Waals surface area contributed by atoms with Gasteiger partial charge in [0.2, 0.25) is 0 Å². The van der Waals surface area contributed by atoms with E-state index in [2.05, 4.69) is 0 Å². The van der Waals surface area contributed by atoms with E-state index in [4.69, 9.17) is 4.55 Å². The molecule has 0 amide bonds. The highest BCUT2D eigenvalue weighted by atomic mass is 32.2. The van der Waals surface area contributed by atoms with Crippen LogP contribution in [0, 0.1) is 0 Å². The fourth-order valence-corrected chi connectivity index (χ4v) is 1.89. The molecule has 0 atom stereocenters. The fourth-order valence-electron chi connectivity index (χ4n) is 1.47. The molecule has 0 aliphatic rings. The van der Waals surface area contributed by atoms with Crippen LogP contribution in [0.25, 0.3) is 10.8 Å². The van der Waals surface area contributed by atoms with Crippen LogP contribution >= 0.6 is 0 Å². The third-order valence-corrected chi connectivity index (χ3v) is 2.92. The molecule has 2 aromatic rings. The highest BCUT2D eigenvalue weighted by Crippen LogP contribution is 2.16. The lowest BCUT2D eigenvalue weighted by molar-refractivity contribution is 0.106. The van der Waals surface area contributed by atoms with Gasteiger partial charge in [-0.1, -0.05) is 30.3 Å². The molecule has 82 valence electrons. The van der Waals surface area contributed by atoms with E-state index in [0.717, 1.165) is 10.8 Å². The fraction of sp³-hybridized carbons (Fsp3) is 0. The molecule has 2 rings (SSSR count). The molecule has 0 spiro atoms. The van der Waals surface area contributed by atoms with Crippen molar-refractivity contribution in [2.45, 2.75) is 0 Å². The Morgan fingerprint density at radius 3 is 2.25 bits per heavy atom. The first-order valence-corrected chi connectivity index (χ1v) is 5.93. The average Bonchev–Trinajstić information content (AvgIpc) is 2.26. The van der Waals surface area contributed by atoms with Gasteiger partial charge < -0.3 is 0 Å². The normalized spacial score (nSPS) is 11.6. The minimum atomic E-state index is -4.66. The van der Waals surface area contributed by atoms with Gasteiger partial charge in [-0.15, -0.1) is 0 Å². The maximum absolute atomic E-state index is 11.3. The van der Waals surface area contributed by atoms with Gasteiger partial charge in [0.15, 0.2) is 0 Å². The second kappa shape index (κ2) is 3.70. The Morgan fingerprint density at radius 1 is 1.00 bits per heavy atom. The predicted octanol–water partition coefficient (Wildman–Crippen LogP) is 1.87. The molecule has 4 nitrogen and oxygen atoms in total. The Hall–Kier alpha value is -1.72. The van der Waals surface area contributed by atoms with Gasteiger partial charge >= 0.3 is 15.2 Å². The summed E-state index contributed by atoms with van der Waals surface area (Å²) in [6, 6.07) is 11.7. The van der Waals surface area contributed by atoms with Gasteiger partial charge in [0.05, 0.1) is 0 Å². The molecule has 1 N–H and O–H groups in total. The van der Waals surface area contributed by atoms with Crippen molar-refractivity contribution in [3.63, 3.8) is 0 Å². The lowest BCUT2D eigenvalue weighted by atomic mass is 10.1. The first kappa shape index (κ1) is 10.8. The zero-order valence-corrected chi connectivity index (χ0v) is 8.94. The summed E-state index contributed by atoms with van der Waals surface area (Å²) in [4.78, 5) is 11.3. The Bertz CT molecular complexity index is 658. The number of carbonyl (C=O) groups is 1. The minimum Gasteiger partial charge on any atom is -0.279 e. The lowest BCUT2D eigenvalue weighted by Crippen LogP contribution is -2.13. The Balaban J connectivity index is 2.60. The quantitative estimate of drug-likeness (QED) is 0.767. The summed E-state index contributed by atoms with van der Waals surface area (Å²) in [6.45, 7) is 0. The van der Waals surface area contributed by atoms with Gasteiger partial charge in [0.1, 0.15) is 0 Å². The zero-order chi connectivity index (χ0) is 11.8. The second-order valence-electron chi connectivity index (χ2n) is 3.32. The largest absolute Gasteiger partial charge is 0.333 e. The Labute approximate surface area is 92.3 Å². The summed E-state index contributed by atoms with van der Waals surface area (Å²) in [5.74, 6) is 0. The number of hydrogen-bond donors (Lipinski definition) is 1. The third-order valence-electron chi connectivity index (χ3n) is 2.22. The van der Waals surface area contributed by atoms with Crippen molar-refractivity contribution in [1.82, 2.24) is 0 Å². The first-order chi connectivity index (χ1) is 7.48. The molecular formula is C11H8O4S. The topological polar surface area (TPSA) is 71.4 Å². The van der Waals surface area contributed by atoms with E-state index >= 15 is 0 Å². The average molecular weight is 236 g/mol. The summed E-state index contributed by atoms with van der Waals surface area (Å²) in [5.41, 5.74) is -0.0406. The number of hydrogen-bond acceptors (Lipinski definition) is 3. The Morgan fingerprint density at radius 2 is 1.62 bits per heavy atom. The van der Waals surface area contributed by atoms with E-state index < -0.39 is 15.2 Å². The summed E-state index contributed by atoms with van der Waals surface area (Å²) >= 11 is 0. The molecule has 0 aliphatic heterocycles. The van der Waals surface area contributed by atoms with Crippen molar-refractivity contribution in [1.29, 1.82) is 0 Å². The van der Waals surface area contributed by atoms with Crippen LogP contribution in [0.2, 0.25) is 0 Å². The standard InChI is InChI=1S/C11H8O4S/c12-11(16(13,14)15)10-6-5-8-3-1-2-4-9(8)7-10/h1-7H,(H,13,14,15). The highest BCUT2D eigenvalue weighted by Gasteiger charge is 2.20. The van der Waals surface area contributed by atoms with Crippen molar-refractivity contribution in [3.8, 4) is 0 Å². The molecule has 5 heteroatoms. The van der Waals surface area contributed by atoms with Gasteiger partial charge in [-0.25, -0.2) is 0 Å². The maximum atomic E-state index is 11.3. The molecule has 0 fully saturated rings. The van der Waals surface area contributed by atoms with Crippen LogP contribution in [-0.2, 0) is 10.1 Å². The molecular weight excluding hydrogens is 228 g/mol. The number of rotatable bonds is 1. The Kier molecular flexibility index (Phi) is 2.49. The summed E-state index contributed by atoms with van der Waals surface area (Å²) in [5, 5.41) is 0.365. The van der Waals surface area contributed by atoms with Crippen LogP contribution < -0.4 is 0 Å². The lowest BCUT2D eigenvalue weighted by Gasteiger charge is -2.00. The van der Waals surface area contributed by atoms with Gasteiger partial charge in [-0.05, 0) is 22.9 Å². The van der Waals surface area contributed by atoms with Crippen LogP contribution in [0.1, 0.15) is 10.4 Å².